The van der Waals surface area contributed by atoms with Crippen molar-refractivity contribution in [1.82, 2.24) is 29.9 Å². The molecule has 1 N–H and O–H groups in total. The fourth-order valence-electron chi connectivity index (χ4n) is 3.90. The minimum absolute atomic E-state index is 0.00294. The molecule has 0 saturated heterocycles. The highest BCUT2D eigenvalue weighted by molar-refractivity contribution is 5.76. The van der Waals surface area contributed by atoms with Gasteiger partial charge >= 0.3 is 0 Å². The molecule has 8 heteroatoms. The lowest BCUT2D eigenvalue weighted by Crippen LogP contribution is -2.31. The predicted molar refractivity (Wildman–Crippen MR) is 108 cm³/mol. The van der Waals surface area contributed by atoms with Crippen molar-refractivity contribution in [2.24, 2.45) is 0 Å². The molecule has 0 spiro atoms. The van der Waals surface area contributed by atoms with Gasteiger partial charge in [-0.3, -0.25) is 4.79 Å². The second-order valence-electron chi connectivity index (χ2n) is 7.35. The van der Waals surface area contributed by atoms with Crippen LogP contribution in [0.2, 0.25) is 0 Å². The van der Waals surface area contributed by atoms with Crippen LogP contribution in [0.15, 0.2) is 30.5 Å². The number of ether oxygens (including phenoxy) is 1. The molecular formula is C21H26N6O2. The number of fused-ring (bicyclic) bond motifs is 1. The summed E-state index contributed by atoms with van der Waals surface area (Å²) >= 11 is 0. The Morgan fingerprint density at radius 3 is 2.76 bits per heavy atom. The summed E-state index contributed by atoms with van der Waals surface area (Å²) in [5, 5.41) is 12.1. The van der Waals surface area contributed by atoms with Crippen molar-refractivity contribution in [2.75, 3.05) is 7.11 Å². The quantitative estimate of drug-likeness (QED) is 0.695. The van der Waals surface area contributed by atoms with E-state index >= 15 is 0 Å². The Morgan fingerprint density at radius 2 is 2.07 bits per heavy atom. The van der Waals surface area contributed by atoms with Crippen molar-refractivity contribution in [1.29, 1.82) is 0 Å². The lowest BCUT2D eigenvalue weighted by molar-refractivity contribution is -0.122. The normalized spacial score (nSPS) is 15.8. The molecule has 3 aromatic rings. The first-order valence-corrected chi connectivity index (χ1v) is 9.94. The van der Waals surface area contributed by atoms with Gasteiger partial charge in [0.2, 0.25) is 5.91 Å². The number of carbonyl (C=O) groups is 1. The molecule has 0 fully saturated rings. The summed E-state index contributed by atoms with van der Waals surface area (Å²) in [6.45, 7) is 4.29. The predicted octanol–water partition coefficient (Wildman–Crippen LogP) is 2.67. The molecule has 2 aromatic heterocycles. The Morgan fingerprint density at radius 1 is 1.28 bits per heavy atom. The monoisotopic (exact) mass is 394 g/mol. The summed E-state index contributed by atoms with van der Waals surface area (Å²) in [6, 6.07) is 7.85. The fraction of sp³-hybridized carbons (Fsp3) is 0.429. The van der Waals surface area contributed by atoms with Crippen molar-refractivity contribution in [2.45, 2.75) is 52.1 Å². The number of aromatic nitrogens is 5. The maximum atomic E-state index is 12.5. The van der Waals surface area contributed by atoms with E-state index in [-0.39, 0.29) is 11.9 Å². The van der Waals surface area contributed by atoms with Crippen LogP contribution in [0, 0.1) is 13.8 Å². The number of carbonyl (C=O) groups excluding carboxylic acids is 1. The van der Waals surface area contributed by atoms with E-state index in [4.69, 9.17) is 4.74 Å². The molecule has 8 nitrogen and oxygen atoms in total. The van der Waals surface area contributed by atoms with Crippen molar-refractivity contribution in [3.63, 3.8) is 0 Å². The van der Waals surface area contributed by atoms with Crippen molar-refractivity contribution >= 4 is 5.91 Å². The molecule has 1 aromatic carbocycles. The van der Waals surface area contributed by atoms with Crippen molar-refractivity contribution in [3.05, 3.63) is 53.4 Å². The number of rotatable bonds is 6. The van der Waals surface area contributed by atoms with Gasteiger partial charge in [0.1, 0.15) is 17.4 Å². The van der Waals surface area contributed by atoms with Gasteiger partial charge < -0.3 is 10.1 Å². The van der Waals surface area contributed by atoms with Crippen LogP contribution < -0.4 is 10.1 Å². The van der Waals surface area contributed by atoms with Crippen LogP contribution >= 0.6 is 0 Å². The first-order valence-electron chi connectivity index (χ1n) is 9.94. The number of benzene rings is 1. The van der Waals surface area contributed by atoms with E-state index in [0.29, 0.717) is 13.0 Å². The molecule has 29 heavy (non-hydrogen) atoms. The van der Waals surface area contributed by atoms with E-state index in [9.17, 15) is 4.79 Å². The van der Waals surface area contributed by atoms with Gasteiger partial charge in [0, 0.05) is 17.7 Å². The van der Waals surface area contributed by atoms with E-state index in [1.54, 1.807) is 11.8 Å². The third kappa shape index (κ3) is 4.01. The molecule has 1 aliphatic rings. The average Bonchev–Trinajstić information content (AvgIpc) is 3.29. The first-order chi connectivity index (χ1) is 14.0. The fourth-order valence-corrected chi connectivity index (χ4v) is 3.90. The molecule has 0 aliphatic heterocycles. The second-order valence-corrected chi connectivity index (χ2v) is 7.35. The van der Waals surface area contributed by atoms with Gasteiger partial charge in [-0.15, -0.1) is 0 Å². The number of methoxy groups -OCH3 is 1. The maximum Gasteiger partial charge on any atom is 0.222 e. The highest BCUT2D eigenvalue weighted by Gasteiger charge is 2.26. The summed E-state index contributed by atoms with van der Waals surface area (Å²) in [6.07, 6.45) is 5.15. The molecule has 0 unspecified atom stereocenters. The van der Waals surface area contributed by atoms with E-state index in [1.807, 2.05) is 49.0 Å². The largest absolute Gasteiger partial charge is 0.497 e. The third-order valence-electron chi connectivity index (χ3n) is 5.35. The molecule has 1 amide bonds. The van der Waals surface area contributed by atoms with Gasteiger partial charge in [0.05, 0.1) is 31.6 Å². The Balaban J connectivity index is 1.45. The number of nitrogens with one attached hydrogen (secondary N) is 1. The maximum absolute atomic E-state index is 12.5. The van der Waals surface area contributed by atoms with Gasteiger partial charge in [-0.2, -0.15) is 10.2 Å². The first kappa shape index (κ1) is 19.2. The van der Waals surface area contributed by atoms with Crippen LogP contribution in [-0.4, -0.2) is 37.6 Å². The number of amides is 1. The van der Waals surface area contributed by atoms with E-state index in [0.717, 1.165) is 53.6 Å². The van der Waals surface area contributed by atoms with Crippen molar-refractivity contribution in [3.8, 4) is 11.4 Å². The Bertz CT molecular complexity index is 1000. The summed E-state index contributed by atoms with van der Waals surface area (Å²) < 4.78 is 8.98. The van der Waals surface area contributed by atoms with Gasteiger partial charge in [-0.1, -0.05) is 0 Å². The van der Waals surface area contributed by atoms with E-state index in [2.05, 4.69) is 20.5 Å². The Kier molecular flexibility index (Phi) is 5.33. The second kappa shape index (κ2) is 8.06. The molecule has 1 aliphatic carbocycles. The molecule has 0 bridgehead atoms. The molecule has 1 atom stereocenters. The highest BCUT2D eigenvalue weighted by atomic mass is 16.5. The zero-order valence-electron chi connectivity index (χ0n) is 17.1. The zero-order chi connectivity index (χ0) is 20.4. The van der Waals surface area contributed by atoms with Crippen LogP contribution in [0.5, 0.6) is 5.75 Å². The summed E-state index contributed by atoms with van der Waals surface area (Å²) in [5.74, 6) is 2.40. The Labute approximate surface area is 169 Å². The van der Waals surface area contributed by atoms with Crippen LogP contribution in [0.25, 0.3) is 5.69 Å². The van der Waals surface area contributed by atoms with Gasteiger partial charge in [-0.25, -0.2) is 14.3 Å². The van der Waals surface area contributed by atoms with Gasteiger partial charge in [0.15, 0.2) is 0 Å². The van der Waals surface area contributed by atoms with Crippen molar-refractivity contribution < 1.29 is 9.53 Å². The third-order valence-corrected chi connectivity index (χ3v) is 5.35. The summed E-state index contributed by atoms with van der Waals surface area (Å²) in [4.78, 5) is 16.8. The standard InChI is InChI=1S/C21H26N6O2/c1-14-23-15(2)26(25-14)12-11-21(28)24-19-5-4-6-20-18(19)13-22-27(20)16-7-9-17(29-3)10-8-16/h7-10,13,19H,4-6,11-12H2,1-3H3,(H,24,28)/t19-/m0/s1. The van der Waals surface area contributed by atoms with Crippen LogP contribution in [0.4, 0.5) is 0 Å². The van der Waals surface area contributed by atoms with E-state index < -0.39 is 0 Å². The molecule has 152 valence electrons. The molecule has 0 radical (unpaired) electrons. The SMILES string of the molecule is COc1ccc(-n2ncc3c2CCC[C@@H]3NC(=O)CCn2nc(C)nc2C)cc1. The molecular weight excluding hydrogens is 368 g/mol. The smallest absolute Gasteiger partial charge is 0.222 e. The molecule has 4 rings (SSSR count). The Hall–Kier alpha value is -3.16. The van der Waals surface area contributed by atoms with Gasteiger partial charge in [0.25, 0.3) is 0 Å². The summed E-state index contributed by atoms with van der Waals surface area (Å²) in [7, 11) is 1.66. The molecule has 0 saturated carbocycles. The highest BCUT2D eigenvalue weighted by Crippen LogP contribution is 2.31. The lowest BCUT2D eigenvalue weighted by Gasteiger charge is -2.24. The number of hydrogen-bond acceptors (Lipinski definition) is 5. The van der Waals surface area contributed by atoms with Crippen LogP contribution in [0.1, 0.15) is 48.2 Å². The van der Waals surface area contributed by atoms with E-state index in [1.165, 1.54) is 0 Å². The minimum atomic E-state index is -0.00294. The lowest BCUT2D eigenvalue weighted by atomic mass is 9.92. The number of aryl methyl sites for hydroxylation is 3. The van der Waals surface area contributed by atoms with Gasteiger partial charge in [-0.05, 0) is 57.4 Å². The summed E-state index contributed by atoms with van der Waals surface area (Å²) in [5.41, 5.74) is 3.26. The zero-order valence-corrected chi connectivity index (χ0v) is 17.1. The minimum Gasteiger partial charge on any atom is -0.497 e. The van der Waals surface area contributed by atoms with Crippen LogP contribution in [-0.2, 0) is 17.8 Å². The van der Waals surface area contributed by atoms with Crippen LogP contribution in [0.3, 0.4) is 0 Å². The molecule has 2 heterocycles. The average molecular weight is 394 g/mol. The number of nitrogens with zero attached hydrogens (tertiary/aromatic N) is 5. The topological polar surface area (TPSA) is 86.9 Å². The number of hydrogen-bond donors (Lipinski definition) is 1.